The van der Waals surface area contributed by atoms with Crippen LogP contribution in [0.15, 0.2) is 251 Å². The van der Waals surface area contributed by atoms with Gasteiger partial charge < -0.3 is 18.3 Å². The number of rotatable bonds is 7. The molecule has 0 atom stereocenters. The van der Waals surface area contributed by atoms with Crippen LogP contribution in [0.5, 0.6) is 0 Å². The molecule has 0 amide bonds. The number of aromatic nitrogens is 1. The van der Waals surface area contributed by atoms with Crippen molar-refractivity contribution >= 4 is 93.5 Å². The van der Waals surface area contributed by atoms with Crippen molar-refractivity contribution in [1.29, 1.82) is 0 Å². The number of anilines is 3. The van der Waals surface area contributed by atoms with Crippen molar-refractivity contribution in [2.45, 2.75) is 0 Å². The Morgan fingerprint density at radius 3 is 1.63 bits per heavy atom. The summed E-state index contributed by atoms with van der Waals surface area (Å²) in [4.78, 5) is 2.38. The van der Waals surface area contributed by atoms with Crippen LogP contribution in [0.1, 0.15) is 0 Å². The van der Waals surface area contributed by atoms with Gasteiger partial charge in [-0.1, -0.05) is 164 Å². The molecule has 4 nitrogen and oxygen atoms in total. The van der Waals surface area contributed by atoms with Gasteiger partial charge in [-0.2, -0.15) is 0 Å². The van der Waals surface area contributed by atoms with Gasteiger partial charge >= 0.3 is 0 Å². The molecule has 11 aromatic carbocycles. The van der Waals surface area contributed by atoms with Crippen LogP contribution < -0.4 is 4.90 Å². The topological polar surface area (TPSA) is 34.5 Å². The predicted octanol–water partition coefficient (Wildman–Crippen LogP) is 18.2. The van der Waals surface area contributed by atoms with E-state index in [9.17, 15) is 0 Å². The zero-order chi connectivity index (χ0) is 44.7. The van der Waals surface area contributed by atoms with Crippen molar-refractivity contribution < 1.29 is 8.83 Å². The molecule has 14 aromatic rings. The number of furan rings is 2. The Labute approximate surface area is 391 Å². The first-order valence-corrected chi connectivity index (χ1v) is 23.2. The molecule has 0 radical (unpaired) electrons. The summed E-state index contributed by atoms with van der Waals surface area (Å²) in [5.74, 6) is 0. The van der Waals surface area contributed by atoms with E-state index in [-0.39, 0.29) is 0 Å². The highest BCUT2D eigenvalue weighted by Crippen LogP contribution is 2.48. The number of hydrogen-bond donors (Lipinski definition) is 0. The summed E-state index contributed by atoms with van der Waals surface area (Å²) in [7, 11) is 0. The average Bonchev–Trinajstić information content (AvgIpc) is 4.09. The maximum absolute atomic E-state index is 6.96. The maximum Gasteiger partial charge on any atom is 0.145 e. The van der Waals surface area contributed by atoms with Crippen molar-refractivity contribution in [3.63, 3.8) is 0 Å². The zero-order valence-corrected chi connectivity index (χ0v) is 36.8. The van der Waals surface area contributed by atoms with Gasteiger partial charge in [0.15, 0.2) is 0 Å². The van der Waals surface area contributed by atoms with E-state index >= 15 is 0 Å². The van der Waals surface area contributed by atoms with Crippen molar-refractivity contribution in [3.05, 3.63) is 243 Å². The normalized spacial score (nSPS) is 11.8. The molecule has 0 aliphatic carbocycles. The minimum Gasteiger partial charge on any atom is -0.455 e. The van der Waals surface area contributed by atoms with Crippen LogP contribution in [0.4, 0.5) is 17.1 Å². The molecule has 14 rings (SSSR count). The predicted molar refractivity (Wildman–Crippen MR) is 284 cm³/mol. The van der Waals surface area contributed by atoms with Crippen LogP contribution in [-0.2, 0) is 0 Å². The van der Waals surface area contributed by atoms with Gasteiger partial charge in [-0.3, -0.25) is 0 Å². The van der Waals surface area contributed by atoms with E-state index in [0.29, 0.717) is 0 Å². The number of benzene rings is 11. The summed E-state index contributed by atoms with van der Waals surface area (Å²) in [5.41, 5.74) is 16.4. The van der Waals surface area contributed by atoms with E-state index < -0.39 is 0 Å². The lowest BCUT2D eigenvalue weighted by Gasteiger charge is -2.28. The van der Waals surface area contributed by atoms with E-state index in [0.717, 1.165) is 94.4 Å². The Bertz CT molecular complexity index is 4210. The molecule has 0 saturated carbocycles. The van der Waals surface area contributed by atoms with Crippen LogP contribution in [0.3, 0.4) is 0 Å². The highest BCUT2D eigenvalue weighted by Gasteiger charge is 2.24. The van der Waals surface area contributed by atoms with Crippen molar-refractivity contribution in [2.24, 2.45) is 0 Å². The molecule has 0 unspecified atom stereocenters. The van der Waals surface area contributed by atoms with Gasteiger partial charge in [0.05, 0.1) is 16.7 Å². The lowest BCUT2D eigenvalue weighted by atomic mass is 9.97. The van der Waals surface area contributed by atoms with E-state index in [1.165, 1.54) is 38.1 Å². The van der Waals surface area contributed by atoms with Crippen LogP contribution in [0, 0.1) is 0 Å². The lowest BCUT2D eigenvalue weighted by molar-refractivity contribution is 0.669. The molecule has 318 valence electrons. The Morgan fingerprint density at radius 2 is 0.897 bits per heavy atom. The SMILES string of the molecule is c1cc(-c2cccc3c2oc2ccccc23)cc(N(c2ccc(-c3ccc4ccccc4c3)cc2)c2ccc3c(oc4ccccc43)c2-c2ccc(-n3c4ccccc4c4ccccc43)cc2)c1. The second kappa shape index (κ2) is 15.2. The summed E-state index contributed by atoms with van der Waals surface area (Å²) in [6, 6.07) is 87.0. The molecule has 0 saturated heterocycles. The summed E-state index contributed by atoms with van der Waals surface area (Å²) in [5, 5.41) is 9.30. The molecule has 4 heteroatoms. The highest BCUT2D eigenvalue weighted by atomic mass is 16.3. The summed E-state index contributed by atoms with van der Waals surface area (Å²) < 4.78 is 15.9. The van der Waals surface area contributed by atoms with Crippen molar-refractivity contribution in [2.75, 3.05) is 4.90 Å². The molecular formula is C64H40N2O2. The molecule has 0 spiro atoms. The molecule has 3 heterocycles. The van der Waals surface area contributed by atoms with E-state index in [2.05, 4.69) is 234 Å². The molecule has 3 aromatic heterocycles. The highest BCUT2D eigenvalue weighted by molar-refractivity contribution is 6.14. The Morgan fingerprint density at radius 1 is 0.324 bits per heavy atom. The molecule has 0 N–H and O–H groups in total. The lowest BCUT2D eigenvalue weighted by Crippen LogP contribution is -2.11. The Kier molecular flexibility index (Phi) is 8.55. The van der Waals surface area contributed by atoms with E-state index in [1.54, 1.807) is 0 Å². The summed E-state index contributed by atoms with van der Waals surface area (Å²) >= 11 is 0. The summed E-state index contributed by atoms with van der Waals surface area (Å²) in [6.45, 7) is 0. The van der Waals surface area contributed by atoms with Crippen LogP contribution in [0.2, 0.25) is 0 Å². The Balaban J connectivity index is 0.983. The first-order valence-electron chi connectivity index (χ1n) is 23.2. The minimum absolute atomic E-state index is 0.842. The monoisotopic (exact) mass is 868 g/mol. The molecule has 0 bridgehead atoms. The van der Waals surface area contributed by atoms with Crippen LogP contribution >= 0.6 is 0 Å². The van der Waals surface area contributed by atoms with Gasteiger partial charge in [0.25, 0.3) is 0 Å². The largest absolute Gasteiger partial charge is 0.455 e. The van der Waals surface area contributed by atoms with Gasteiger partial charge in [-0.25, -0.2) is 0 Å². The van der Waals surface area contributed by atoms with Crippen LogP contribution in [0.25, 0.3) is 116 Å². The third-order valence-corrected chi connectivity index (χ3v) is 13.8. The van der Waals surface area contributed by atoms with Gasteiger partial charge in [-0.05, 0) is 112 Å². The standard InChI is InChI=1S/C64H40N2O2/c1-2-14-44-39-45(28-27-41(44)13-1)42-29-33-47(34-30-42)65(49-16-11-15-46(40-49)50-21-12-22-55-53-19-5-9-25-60(53)67-63(50)55)59-38-37-56-54-20-6-10-26-61(54)68-64(56)62(59)43-31-35-48(36-32-43)66-57-23-7-3-17-51(57)52-18-4-8-24-58(52)66/h1-40H. The third-order valence-electron chi connectivity index (χ3n) is 13.8. The number of fused-ring (bicyclic) bond motifs is 10. The molecule has 0 aliphatic rings. The van der Waals surface area contributed by atoms with Crippen molar-refractivity contribution in [3.8, 4) is 39.1 Å². The fraction of sp³-hybridized carbons (Fsp3) is 0. The number of hydrogen-bond acceptors (Lipinski definition) is 3. The van der Waals surface area contributed by atoms with E-state index in [1.807, 2.05) is 18.2 Å². The molecule has 0 fully saturated rings. The first kappa shape index (κ1) is 38.2. The fourth-order valence-corrected chi connectivity index (χ4v) is 10.6. The fourth-order valence-electron chi connectivity index (χ4n) is 10.6. The second-order valence-corrected chi connectivity index (χ2v) is 17.6. The average molecular weight is 869 g/mol. The zero-order valence-electron chi connectivity index (χ0n) is 36.8. The van der Waals surface area contributed by atoms with Gasteiger partial charge in [0.1, 0.15) is 22.3 Å². The van der Waals surface area contributed by atoms with Gasteiger partial charge in [-0.15, -0.1) is 0 Å². The first-order chi connectivity index (χ1) is 33.7. The minimum atomic E-state index is 0.842. The van der Waals surface area contributed by atoms with E-state index in [4.69, 9.17) is 8.83 Å². The van der Waals surface area contributed by atoms with Gasteiger partial charge in [0, 0.05) is 60.5 Å². The molecule has 0 aliphatic heterocycles. The maximum atomic E-state index is 6.96. The number of nitrogens with zero attached hydrogens (tertiary/aromatic N) is 2. The Hall–Kier alpha value is -9.12. The quantitative estimate of drug-likeness (QED) is 0.160. The molecule has 68 heavy (non-hydrogen) atoms. The number of para-hydroxylation sites is 5. The third kappa shape index (κ3) is 6.01. The summed E-state index contributed by atoms with van der Waals surface area (Å²) in [6.07, 6.45) is 0. The molecular weight excluding hydrogens is 829 g/mol. The smallest absolute Gasteiger partial charge is 0.145 e. The van der Waals surface area contributed by atoms with Gasteiger partial charge in [0.2, 0.25) is 0 Å². The second-order valence-electron chi connectivity index (χ2n) is 17.6. The van der Waals surface area contributed by atoms with Crippen molar-refractivity contribution in [1.82, 2.24) is 4.57 Å². The van der Waals surface area contributed by atoms with Crippen LogP contribution in [-0.4, -0.2) is 4.57 Å².